The third-order valence-corrected chi connectivity index (χ3v) is 3.89. The van der Waals surface area contributed by atoms with Crippen molar-refractivity contribution in [1.82, 2.24) is 5.32 Å². The van der Waals surface area contributed by atoms with Gasteiger partial charge in [-0.2, -0.15) is 5.26 Å². The Hall–Kier alpha value is -0.640. The molecule has 0 radical (unpaired) electrons. The van der Waals surface area contributed by atoms with Gasteiger partial charge in [0.1, 0.15) is 17.0 Å². The maximum atomic E-state index is 11.4. The lowest BCUT2D eigenvalue weighted by Gasteiger charge is -2.22. The highest BCUT2D eigenvalue weighted by Crippen LogP contribution is 2.36. The van der Waals surface area contributed by atoms with E-state index < -0.39 is 0 Å². The van der Waals surface area contributed by atoms with Gasteiger partial charge in [0, 0.05) is 0 Å². The summed E-state index contributed by atoms with van der Waals surface area (Å²) in [4.78, 5) is 11.4. The van der Waals surface area contributed by atoms with Crippen molar-refractivity contribution in [3.63, 3.8) is 0 Å². The van der Waals surface area contributed by atoms with E-state index in [-0.39, 0.29) is 23.5 Å². The molecular weight excluding hydrogens is 220 g/mol. The molecule has 0 fully saturated rings. The van der Waals surface area contributed by atoms with Crippen molar-refractivity contribution >= 4 is 29.4 Å². The Labute approximate surface area is 90.7 Å². The molecule has 0 saturated heterocycles. The van der Waals surface area contributed by atoms with Crippen LogP contribution in [0, 0.1) is 11.3 Å². The zero-order valence-corrected chi connectivity index (χ0v) is 9.24. The van der Waals surface area contributed by atoms with Gasteiger partial charge >= 0.3 is 0 Å². The van der Waals surface area contributed by atoms with E-state index in [0.717, 1.165) is 5.75 Å². The number of nitrogens with zero attached hydrogens (tertiary/aromatic N) is 1. The van der Waals surface area contributed by atoms with Crippen molar-refractivity contribution in [3.8, 4) is 6.07 Å². The van der Waals surface area contributed by atoms with Gasteiger partial charge in [-0.1, -0.05) is 18.7 Å². The van der Waals surface area contributed by atoms with E-state index in [9.17, 15) is 4.79 Å². The van der Waals surface area contributed by atoms with Crippen LogP contribution >= 0.6 is 23.5 Å². The van der Waals surface area contributed by atoms with Crippen molar-refractivity contribution in [2.45, 2.75) is 12.3 Å². The summed E-state index contributed by atoms with van der Waals surface area (Å²) in [5.41, 5.74) is 0.159. The number of carbonyl (C=O) groups is 1. The Morgan fingerprint density at radius 1 is 1.79 bits per heavy atom. The molecule has 0 spiro atoms. The van der Waals surface area contributed by atoms with E-state index in [1.54, 1.807) is 0 Å². The Bertz CT molecular complexity index is 309. The molecule has 0 saturated carbocycles. The molecule has 0 aromatic rings. The molecule has 76 valence electrons. The summed E-state index contributed by atoms with van der Waals surface area (Å²) in [6.07, 6.45) is 0. The van der Waals surface area contributed by atoms with Crippen LogP contribution in [-0.4, -0.2) is 28.7 Å². The minimum absolute atomic E-state index is 0.122. The van der Waals surface area contributed by atoms with Crippen LogP contribution in [-0.2, 0) is 4.79 Å². The second-order valence-electron chi connectivity index (χ2n) is 2.47. The highest BCUT2D eigenvalue weighted by molar-refractivity contribution is 8.22. The van der Waals surface area contributed by atoms with Gasteiger partial charge in [-0.3, -0.25) is 4.79 Å². The van der Waals surface area contributed by atoms with Gasteiger partial charge in [-0.15, -0.1) is 11.8 Å². The molecule has 0 aliphatic carbocycles. The third kappa shape index (κ3) is 2.44. The van der Waals surface area contributed by atoms with Gasteiger partial charge in [0.15, 0.2) is 0 Å². The second kappa shape index (κ2) is 5.29. The molecule has 14 heavy (non-hydrogen) atoms. The summed E-state index contributed by atoms with van der Waals surface area (Å²) in [5, 5.41) is 19.9. The minimum Gasteiger partial charge on any atom is -0.393 e. The molecule has 4 nitrogen and oxygen atoms in total. The van der Waals surface area contributed by atoms with Crippen molar-refractivity contribution in [1.29, 1.82) is 5.26 Å². The first-order valence-electron chi connectivity index (χ1n) is 4.08. The number of aliphatic hydroxyl groups is 1. The molecule has 1 unspecified atom stereocenters. The Balaban J connectivity index is 2.90. The number of carbonyl (C=O) groups excluding carboxylic acids is 1. The topological polar surface area (TPSA) is 73.1 Å². The van der Waals surface area contributed by atoms with Crippen LogP contribution in [0.4, 0.5) is 0 Å². The largest absolute Gasteiger partial charge is 0.393 e. The fourth-order valence-corrected chi connectivity index (χ4v) is 3.22. The Morgan fingerprint density at radius 2 is 2.50 bits per heavy atom. The smallest absolute Gasteiger partial charge is 0.264 e. The van der Waals surface area contributed by atoms with Crippen LogP contribution in [0.1, 0.15) is 6.92 Å². The zero-order chi connectivity index (χ0) is 10.6. The molecule has 1 amide bonds. The van der Waals surface area contributed by atoms with Crippen LogP contribution in [0.25, 0.3) is 0 Å². The van der Waals surface area contributed by atoms with Gasteiger partial charge < -0.3 is 10.4 Å². The number of rotatable bonds is 3. The first-order valence-corrected chi connectivity index (χ1v) is 5.95. The fraction of sp³-hybridized carbons (Fsp3) is 0.500. The molecule has 1 rings (SSSR count). The first-order chi connectivity index (χ1) is 6.72. The van der Waals surface area contributed by atoms with Crippen molar-refractivity contribution < 1.29 is 9.90 Å². The highest BCUT2D eigenvalue weighted by atomic mass is 32.2. The number of hydrogen-bond acceptors (Lipinski definition) is 5. The Kier molecular flexibility index (Phi) is 4.32. The Morgan fingerprint density at radius 3 is 3.00 bits per heavy atom. The number of nitrogens with one attached hydrogen (secondary N) is 1. The normalized spacial score (nSPS) is 21.8. The van der Waals surface area contributed by atoms with E-state index in [1.807, 2.05) is 13.0 Å². The quantitative estimate of drug-likeness (QED) is 0.745. The third-order valence-electron chi connectivity index (χ3n) is 1.53. The lowest BCUT2D eigenvalue weighted by Crippen LogP contribution is -2.39. The summed E-state index contributed by atoms with van der Waals surface area (Å²) in [6, 6.07) is 1.88. The predicted octanol–water partition coefficient (Wildman–Crippen LogP) is 0.656. The molecular formula is C8H10N2O2S2. The number of aliphatic hydroxyl groups excluding tert-OH is 1. The molecule has 1 aliphatic heterocycles. The van der Waals surface area contributed by atoms with Crippen molar-refractivity contribution in [3.05, 3.63) is 9.81 Å². The minimum atomic E-state index is -0.388. The van der Waals surface area contributed by atoms with Crippen LogP contribution in [0.5, 0.6) is 0 Å². The summed E-state index contributed by atoms with van der Waals surface area (Å²) in [7, 11) is 0. The predicted molar refractivity (Wildman–Crippen MR) is 57.4 cm³/mol. The van der Waals surface area contributed by atoms with Crippen molar-refractivity contribution in [2.75, 3.05) is 12.4 Å². The molecule has 1 aliphatic rings. The maximum Gasteiger partial charge on any atom is 0.264 e. The molecule has 0 aromatic carbocycles. The summed E-state index contributed by atoms with van der Waals surface area (Å²) < 4.78 is 0.706. The van der Waals surface area contributed by atoms with Gasteiger partial charge in [-0.25, -0.2) is 0 Å². The summed E-state index contributed by atoms with van der Waals surface area (Å²) in [6.45, 7) is 1.83. The van der Waals surface area contributed by atoms with Crippen LogP contribution in [0.2, 0.25) is 0 Å². The molecule has 6 heteroatoms. The molecule has 0 aromatic heterocycles. The van der Waals surface area contributed by atoms with Crippen LogP contribution in [0.3, 0.4) is 0 Å². The molecule has 1 atom stereocenters. The zero-order valence-electron chi connectivity index (χ0n) is 7.61. The van der Waals surface area contributed by atoms with E-state index in [4.69, 9.17) is 10.4 Å². The summed E-state index contributed by atoms with van der Waals surface area (Å²) in [5.74, 6) is 0.417. The van der Waals surface area contributed by atoms with E-state index in [1.165, 1.54) is 23.5 Å². The molecule has 0 bridgehead atoms. The average molecular weight is 230 g/mol. The summed E-state index contributed by atoms with van der Waals surface area (Å²) >= 11 is 2.79. The van der Waals surface area contributed by atoms with E-state index in [2.05, 4.69) is 5.32 Å². The molecule has 2 N–H and O–H groups in total. The monoisotopic (exact) mass is 230 g/mol. The van der Waals surface area contributed by atoms with Gasteiger partial charge in [-0.05, 0) is 5.75 Å². The van der Waals surface area contributed by atoms with Gasteiger partial charge in [0.25, 0.3) is 5.91 Å². The number of amides is 1. The van der Waals surface area contributed by atoms with Gasteiger partial charge in [0.05, 0.1) is 10.8 Å². The van der Waals surface area contributed by atoms with Crippen LogP contribution < -0.4 is 5.32 Å². The van der Waals surface area contributed by atoms with Crippen molar-refractivity contribution in [2.24, 2.45) is 0 Å². The number of thioether (sulfide) groups is 2. The maximum absolute atomic E-state index is 11.4. The lowest BCUT2D eigenvalue weighted by molar-refractivity contribution is -0.117. The van der Waals surface area contributed by atoms with Gasteiger partial charge in [0.2, 0.25) is 0 Å². The van der Waals surface area contributed by atoms with E-state index >= 15 is 0 Å². The number of nitriles is 1. The highest BCUT2D eigenvalue weighted by Gasteiger charge is 2.26. The SMILES string of the molecule is CCSC1=C(C#N)C(=O)NC(CO)S1. The average Bonchev–Trinajstić information content (AvgIpc) is 2.18. The fourth-order valence-electron chi connectivity index (χ4n) is 0.945. The van der Waals surface area contributed by atoms with E-state index in [0.29, 0.717) is 4.24 Å². The standard InChI is InChI=1S/C8H10N2O2S2/c1-2-13-8-5(3-9)7(12)10-6(4-11)14-8/h6,11H,2,4H2,1H3,(H,10,12). The first kappa shape index (κ1) is 11.4. The van der Waals surface area contributed by atoms with Crippen LogP contribution in [0.15, 0.2) is 9.81 Å². The molecule has 1 heterocycles. The second-order valence-corrected chi connectivity index (χ2v) is 5.22. The lowest BCUT2D eigenvalue weighted by atomic mass is 10.3. The number of hydrogen-bond donors (Lipinski definition) is 2.